The first-order valence-corrected chi connectivity index (χ1v) is 7.84. The highest BCUT2D eigenvalue weighted by molar-refractivity contribution is 6.32. The number of amides is 1. The standard InChI is InChI=1S/C16H23ClN2O2.ClH/c1-12(21-15-6-4-3-5-14(15)17)16(20)19-9-7-13(8-10-19)11-18-2;/h3-6,12-13,18H,7-11H2,1-2H3;1H. The van der Waals surface area contributed by atoms with E-state index < -0.39 is 6.10 Å². The van der Waals surface area contributed by atoms with Gasteiger partial charge < -0.3 is 15.0 Å². The van der Waals surface area contributed by atoms with Gasteiger partial charge in [0, 0.05) is 13.1 Å². The van der Waals surface area contributed by atoms with Crippen LogP contribution in [0.4, 0.5) is 0 Å². The zero-order valence-corrected chi connectivity index (χ0v) is 14.6. The second-order valence-corrected chi connectivity index (χ2v) is 5.92. The maximum Gasteiger partial charge on any atom is 0.263 e. The highest BCUT2D eigenvalue weighted by Gasteiger charge is 2.27. The monoisotopic (exact) mass is 346 g/mol. The molecule has 4 nitrogen and oxygen atoms in total. The number of carbonyl (C=O) groups is 1. The van der Waals surface area contributed by atoms with Crippen molar-refractivity contribution in [3.8, 4) is 5.75 Å². The van der Waals surface area contributed by atoms with Gasteiger partial charge in [-0.1, -0.05) is 23.7 Å². The van der Waals surface area contributed by atoms with Crippen LogP contribution < -0.4 is 10.1 Å². The number of nitrogens with one attached hydrogen (secondary N) is 1. The van der Waals surface area contributed by atoms with Gasteiger partial charge in [0.25, 0.3) is 5.91 Å². The van der Waals surface area contributed by atoms with Gasteiger partial charge in [0.05, 0.1) is 5.02 Å². The lowest BCUT2D eigenvalue weighted by Gasteiger charge is -2.33. The normalized spacial score (nSPS) is 16.8. The lowest BCUT2D eigenvalue weighted by molar-refractivity contribution is -0.139. The van der Waals surface area contributed by atoms with E-state index in [2.05, 4.69) is 5.32 Å². The zero-order valence-electron chi connectivity index (χ0n) is 13.0. The Balaban J connectivity index is 0.00000242. The minimum atomic E-state index is -0.509. The van der Waals surface area contributed by atoms with Crippen LogP contribution in [0.3, 0.4) is 0 Å². The van der Waals surface area contributed by atoms with E-state index in [1.165, 1.54) is 0 Å². The van der Waals surface area contributed by atoms with Crippen molar-refractivity contribution in [2.45, 2.75) is 25.9 Å². The van der Waals surface area contributed by atoms with E-state index in [9.17, 15) is 4.79 Å². The van der Waals surface area contributed by atoms with Gasteiger partial charge in [0.2, 0.25) is 0 Å². The van der Waals surface area contributed by atoms with Crippen LogP contribution in [0.1, 0.15) is 19.8 Å². The van der Waals surface area contributed by atoms with E-state index in [0.717, 1.165) is 32.5 Å². The average Bonchev–Trinajstić information content (AvgIpc) is 2.50. The number of nitrogens with zero attached hydrogens (tertiary/aromatic N) is 1. The lowest BCUT2D eigenvalue weighted by atomic mass is 9.96. The number of piperidine rings is 1. The Labute approximate surface area is 143 Å². The highest BCUT2D eigenvalue weighted by atomic mass is 35.5. The number of para-hydroxylation sites is 1. The summed E-state index contributed by atoms with van der Waals surface area (Å²) in [6.07, 6.45) is 1.59. The Hall–Kier alpha value is -0.970. The molecule has 1 unspecified atom stereocenters. The molecule has 1 atom stereocenters. The van der Waals surface area contributed by atoms with Crippen molar-refractivity contribution in [1.82, 2.24) is 10.2 Å². The number of hydrogen-bond donors (Lipinski definition) is 1. The molecule has 1 aromatic rings. The van der Waals surface area contributed by atoms with E-state index in [4.69, 9.17) is 16.3 Å². The molecule has 1 aliphatic rings. The van der Waals surface area contributed by atoms with Crippen LogP contribution in [-0.2, 0) is 4.79 Å². The van der Waals surface area contributed by atoms with Crippen molar-refractivity contribution in [2.75, 3.05) is 26.7 Å². The number of carbonyl (C=O) groups excluding carboxylic acids is 1. The minimum absolute atomic E-state index is 0. The number of ether oxygens (including phenoxy) is 1. The molecule has 1 amide bonds. The predicted octanol–water partition coefficient (Wildman–Crippen LogP) is 2.99. The Morgan fingerprint density at radius 3 is 2.64 bits per heavy atom. The molecular formula is C16H24Cl2N2O2. The van der Waals surface area contributed by atoms with Gasteiger partial charge in [-0.05, 0) is 51.4 Å². The molecule has 0 aromatic heterocycles. The number of benzene rings is 1. The molecule has 1 N–H and O–H groups in total. The summed E-state index contributed by atoms with van der Waals surface area (Å²) in [5.74, 6) is 1.27. The molecule has 1 heterocycles. The second kappa shape index (κ2) is 9.23. The first-order valence-electron chi connectivity index (χ1n) is 7.46. The molecule has 0 aliphatic carbocycles. The largest absolute Gasteiger partial charge is 0.479 e. The third-order valence-corrected chi connectivity index (χ3v) is 4.22. The smallest absolute Gasteiger partial charge is 0.263 e. The topological polar surface area (TPSA) is 41.6 Å². The summed E-state index contributed by atoms with van der Waals surface area (Å²) in [7, 11) is 1.97. The fourth-order valence-corrected chi connectivity index (χ4v) is 2.86. The molecule has 1 aliphatic heterocycles. The SMILES string of the molecule is CNCC1CCN(C(=O)C(C)Oc2ccccc2Cl)CC1.Cl. The fourth-order valence-electron chi connectivity index (χ4n) is 2.68. The van der Waals surface area contributed by atoms with Crippen LogP contribution in [0.25, 0.3) is 0 Å². The summed E-state index contributed by atoms with van der Waals surface area (Å²) in [4.78, 5) is 14.3. The molecule has 0 bridgehead atoms. The summed E-state index contributed by atoms with van der Waals surface area (Å²) in [5.41, 5.74) is 0. The van der Waals surface area contributed by atoms with Gasteiger partial charge in [-0.15, -0.1) is 12.4 Å². The summed E-state index contributed by atoms with van der Waals surface area (Å²) in [6, 6.07) is 7.23. The number of likely N-dealkylation sites (tertiary alicyclic amines) is 1. The van der Waals surface area contributed by atoms with E-state index in [-0.39, 0.29) is 18.3 Å². The van der Waals surface area contributed by atoms with E-state index >= 15 is 0 Å². The summed E-state index contributed by atoms with van der Waals surface area (Å²) in [6.45, 7) is 4.42. The number of halogens is 2. The number of hydrogen-bond acceptors (Lipinski definition) is 3. The molecule has 22 heavy (non-hydrogen) atoms. The van der Waals surface area contributed by atoms with Crippen molar-refractivity contribution >= 4 is 29.9 Å². The Morgan fingerprint density at radius 1 is 1.41 bits per heavy atom. The molecule has 0 saturated carbocycles. The first-order chi connectivity index (χ1) is 10.1. The van der Waals surface area contributed by atoms with Crippen LogP contribution in [0.2, 0.25) is 5.02 Å². The van der Waals surface area contributed by atoms with Crippen LogP contribution in [-0.4, -0.2) is 43.6 Å². The zero-order chi connectivity index (χ0) is 15.2. The minimum Gasteiger partial charge on any atom is -0.479 e. The summed E-state index contributed by atoms with van der Waals surface area (Å²) < 4.78 is 5.70. The number of rotatable bonds is 5. The molecule has 1 saturated heterocycles. The molecule has 0 radical (unpaired) electrons. The molecule has 6 heteroatoms. The third-order valence-electron chi connectivity index (χ3n) is 3.91. The Bertz CT molecular complexity index is 477. The van der Waals surface area contributed by atoms with Crippen molar-refractivity contribution in [3.63, 3.8) is 0 Å². The van der Waals surface area contributed by atoms with Crippen molar-refractivity contribution in [3.05, 3.63) is 29.3 Å². The quantitative estimate of drug-likeness (QED) is 0.890. The van der Waals surface area contributed by atoms with E-state index in [0.29, 0.717) is 16.7 Å². The second-order valence-electron chi connectivity index (χ2n) is 5.52. The van der Waals surface area contributed by atoms with Crippen LogP contribution >= 0.6 is 24.0 Å². The van der Waals surface area contributed by atoms with Gasteiger partial charge in [-0.2, -0.15) is 0 Å². The van der Waals surface area contributed by atoms with E-state index in [1.54, 1.807) is 19.1 Å². The maximum atomic E-state index is 12.4. The maximum absolute atomic E-state index is 12.4. The molecule has 1 fully saturated rings. The van der Waals surface area contributed by atoms with Crippen LogP contribution in [0.15, 0.2) is 24.3 Å². The van der Waals surface area contributed by atoms with Gasteiger partial charge in [0.15, 0.2) is 6.10 Å². The van der Waals surface area contributed by atoms with Crippen LogP contribution in [0.5, 0.6) is 5.75 Å². The summed E-state index contributed by atoms with van der Waals surface area (Å²) in [5, 5.41) is 3.73. The average molecular weight is 347 g/mol. The molecule has 124 valence electrons. The molecule has 0 spiro atoms. The van der Waals surface area contributed by atoms with Crippen molar-refractivity contribution < 1.29 is 9.53 Å². The van der Waals surface area contributed by atoms with Gasteiger partial charge in [-0.25, -0.2) is 0 Å². The van der Waals surface area contributed by atoms with Crippen LogP contribution in [0, 0.1) is 5.92 Å². The molecular weight excluding hydrogens is 323 g/mol. The molecule has 2 rings (SSSR count). The lowest BCUT2D eigenvalue weighted by Crippen LogP contribution is -2.45. The van der Waals surface area contributed by atoms with Gasteiger partial charge in [-0.3, -0.25) is 4.79 Å². The van der Waals surface area contributed by atoms with Crippen molar-refractivity contribution in [1.29, 1.82) is 0 Å². The van der Waals surface area contributed by atoms with Crippen molar-refractivity contribution in [2.24, 2.45) is 5.92 Å². The van der Waals surface area contributed by atoms with Gasteiger partial charge >= 0.3 is 0 Å². The molecule has 1 aromatic carbocycles. The Kier molecular flexibility index (Phi) is 8.01. The third kappa shape index (κ3) is 5.04. The predicted molar refractivity (Wildman–Crippen MR) is 92.0 cm³/mol. The highest BCUT2D eigenvalue weighted by Crippen LogP contribution is 2.25. The fraction of sp³-hybridized carbons (Fsp3) is 0.562. The van der Waals surface area contributed by atoms with Gasteiger partial charge in [0.1, 0.15) is 5.75 Å². The van der Waals surface area contributed by atoms with E-state index in [1.807, 2.05) is 24.1 Å². The first kappa shape index (κ1) is 19.1. The Morgan fingerprint density at radius 2 is 2.05 bits per heavy atom. The summed E-state index contributed by atoms with van der Waals surface area (Å²) >= 11 is 6.06.